The van der Waals surface area contributed by atoms with Crippen LogP contribution in [0.15, 0.2) is 72.8 Å². The molecule has 0 N–H and O–H groups in total. The van der Waals surface area contributed by atoms with Crippen molar-refractivity contribution in [2.45, 2.75) is 18.7 Å². The van der Waals surface area contributed by atoms with Crippen molar-refractivity contribution in [2.24, 2.45) is 0 Å². The van der Waals surface area contributed by atoms with Crippen LogP contribution in [0.5, 0.6) is 0 Å². The summed E-state index contributed by atoms with van der Waals surface area (Å²) in [7, 11) is -3.40. The molecule has 2 heterocycles. The normalized spacial score (nSPS) is 16.7. The van der Waals surface area contributed by atoms with Gasteiger partial charge >= 0.3 is 0 Å². The lowest BCUT2D eigenvalue weighted by Crippen LogP contribution is -2.49. The number of sulfonamides is 1. The van der Waals surface area contributed by atoms with E-state index in [0.29, 0.717) is 45.0 Å². The molecule has 0 saturated carbocycles. The Balaban J connectivity index is 1.32. The van der Waals surface area contributed by atoms with Crippen molar-refractivity contribution >= 4 is 27.1 Å². The second-order valence-corrected chi connectivity index (χ2v) is 11.0. The lowest BCUT2D eigenvalue weighted by molar-refractivity contribution is -0.384. The maximum atomic E-state index is 12.9. The zero-order chi connectivity index (χ0) is 24.4. The van der Waals surface area contributed by atoms with Gasteiger partial charge < -0.3 is 9.80 Å². The summed E-state index contributed by atoms with van der Waals surface area (Å²) in [6.07, 6.45) is 0.843. The van der Waals surface area contributed by atoms with Crippen LogP contribution in [0.4, 0.5) is 17.1 Å². The smallest absolute Gasteiger partial charge is 0.292 e. The first kappa shape index (κ1) is 23.3. The number of piperazine rings is 1. The largest absolute Gasteiger partial charge is 0.369 e. The van der Waals surface area contributed by atoms with Crippen LogP contribution in [-0.4, -0.2) is 50.4 Å². The Hall–Kier alpha value is -3.43. The molecule has 3 aromatic rings. The van der Waals surface area contributed by atoms with E-state index in [1.54, 1.807) is 16.4 Å². The van der Waals surface area contributed by atoms with Crippen molar-refractivity contribution in [1.29, 1.82) is 0 Å². The molecule has 0 aromatic heterocycles. The Morgan fingerprint density at radius 3 is 2.20 bits per heavy atom. The Morgan fingerprint density at radius 2 is 1.49 bits per heavy atom. The third kappa shape index (κ3) is 5.01. The third-order valence-electron chi connectivity index (χ3n) is 6.82. The lowest BCUT2D eigenvalue weighted by Gasteiger charge is -2.36. The fourth-order valence-electron chi connectivity index (χ4n) is 4.92. The lowest BCUT2D eigenvalue weighted by atomic mass is 9.99. The second kappa shape index (κ2) is 9.67. The van der Waals surface area contributed by atoms with E-state index in [4.69, 9.17) is 0 Å². The molecule has 0 amide bonds. The average Bonchev–Trinajstić information content (AvgIpc) is 2.88. The summed E-state index contributed by atoms with van der Waals surface area (Å²) in [5.74, 6) is -0.00798. The highest BCUT2D eigenvalue weighted by Crippen LogP contribution is 2.36. The van der Waals surface area contributed by atoms with E-state index < -0.39 is 10.0 Å². The minimum absolute atomic E-state index is 0.00798. The van der Waals surface area contributed by atoms with E-state index in [9.17, 15) is 18.5 Å². The van der Waals surface area contributed by atoms with Crippen molar-refractivity contribution in [1.82, 2.24) is 4.31 Å². The van der Waals surface area contributed by atoms with Gasteiger partial charge in [0.25, 0.3) is 5.69 Å². The van der Waals surface area contributed by atoms with E-state index in [2.05, 4.69) is 21.9 Å². The van der Waals surface area contributed by atoms with Crippen molar-refractivity contribution in [3.8, 4) is 0 Å². The van der Waals surface area contributed by atoms with Gasteiger partial charge in [0.2, 0.25) is 10.0 Å². The predicted molar refractivity (Wildman–Crippen MR) is 137 cm³/mol. The summed E-state index contributed by atoms with van der Waals surface area (Å²) in [4.78, 5) is 15.7. The van der Waals surface area contributed by atoms with Gasteiger partial charge in [-0.2, -0.15) is 4.31 Å². The first-order valence-electron chi connectivity index (χ1n) is 11.8. The number of hydrogen-bond donors (Lipinski definition) is 0. The quantitative estimate of drug-likeness (QED) is 0.384. The van der Waals surface area contributed by atoms with E-state index in [-0.39, 0.29) is 16.4 Å². The van der Waals surface area contributed by atoms with Crippen LogP contribution in [-0.2, 0) is 28.7 Å². The van der Waals surface area contributed by atoms with E-state index in [0.717, 1.165) is 17.7 Å². The van der Waals surface area contributed by atoms with Crippen LogP contribution in [0.1, 0.15) is 16.7 Å². The van der Waals surface area contributed by atoms with Gasteiger partial charge in [-0.3, -0.25) is 10.1 Å². The van der Waals surface area contributed by atoms with Gasteiger partial charge in [0, 0.05) is 51.0 Å². The maximum Gasteiger partial charge on any atom is 0.292 e. The Bertz CT molecular complexity index is 1320. The number of nitrogens with zero attached hydrogens (tertiary/aromatic N) is 4. The van der Waals surface area contributed by atoms with Crippen LogP contribution in [0, 0.1) is 10.1 Å². The van der Waals surface area contributed by atoms with Gasteiger partial charge in [0.05, 0.1) is 10.7 Å². The molecular formula is C26H28N4O4S. The molecule has 0 aliphatic carbocycles. The highest BCUT2D eigenvalue weighted by molar-refractivity contribution is 7.88. The number of nitro groups is 1. The summed E-state index contributed by atoms with van der Waals surface area (Å²) < 4.78 is 27.4. The van der Waals surface area contributed by atoms with E-state index >= 15 is 0 Å². The van der Waals surface area contributed by atoms with Gasteiger partial charge in [0.15, 0.2) is 0 Å². The Kier molecular flexibility index (Phi) is 6.44. The second-order valence-electron chi connectivity index (χ2n) is 9.00. The van der Waals surface area contributed by atoms with Gasteiger partial charge in [-0.1, -0.05) is 54.6 Å². The van der Waals surface area contributed by atoms with Crippen molar-refractivity contribution in [2.75, 3.05) is 42.5 Å². The number of nitro benzene ring substituents is 1. The molecular weight excluding hydrogens is 464 g/mol. The molecule has 0 radical (unpaired) electrons. The molecule has 8 nitrogen and oxygen atoms in total. The zero-order valence-corrected chi connectivity index (χ0v) is 20.2. The highest BCUT2D eigenvalue weighted by atomic mass is 32.2. The molecule has 0 bridgehead atoms. The summed E-state index contributed by atoms with van der Waals surface area (Å²) >= 11 is 0. The van der Waals surface area contributed by atoms with Crippen LogP contribution >= 0.6 is 0 Å². The van der Waals surface area contributed by atoms with Crippen LogP contribution in [0.2, 0.25) is 0 Å². The SMILES string of the molecule is O=[N+]([O-])c1ccc(N2CCN(S(=O)(=O)Cc3ccccc3)CC2)cc1N1CCc2ccccc2C1. The summed E-state index contributed by atoms with van der Waals surface area (Å²) in [5, 5.41) is 11.8. The molecule has 1 saturated heterocycles. The fourth-order valence-corrected chi connectivity index (χ4v) is 6.43. The van der Waals surface area contributed by atoms with Crippen molar-refractivity contribution in [3.63, 3.8) is 0 Å². The summed E-state index contributed by atoms with van der Waals surface area (Å²) in [5.41, 5.74) is 4.84. The highest BCUT2D eigenvalue weighted by Gasteiger charge is 2.29. The Labute approximate surface area is 205 Å². The Morgan fingerprint density at radius 1 is 0.800 bits per heavy atom. The summed E-state index contributed by atoms with van der Waals surface area (Å²) in [6, 6.07) is 22.7. The summed E-state index contributed by atoms with van der Waals surface area (Å²) in [6.45, 7) is 3.19. The van der Waals surface area contributed by atoms with E-state index in [1.807, 2.05) is 48.5 Å². The molecule has 35 heavy (non-hydrogen) atoms. The average molecular weight is 493 g/mol. The molecule has 182 valence electrons. The third-order valence-corrected chi connectivity index (χ3v) is 8.67. The number of hydrogen-bond acceptors (Lipinski definition) is 6. The molecule has 2 aliphatic heterocycles. The molecule has 9 heteroatoms. The minimum atomic E-state index is -3.40. The predicted octanol–water partition coefficient (Wildman–Crippen LogP) is 3.81. The number of fused-ring (bicyclic) bond motifs is 1. The number of anilines is 2. The molecule has 0 unspecified atom stereocenters. The van der Waals surface area contributed by atoms with Gasteiger partial charge in [-0.25, -0.2) is 8.42 Å². The molecule has 0 spiro atoms. The molecule has 1 fully saturated rings. The van der Waals surface area contributed by atoms with Gasteiger partial charge in [0.1, 0.15) is 5.69 Å². The van der Waals surface area contributed by atoms with Crippen LogP contribution in [0.3, 0.4) is 0 Å². The number of benzene rings is 3. The standard InChI is InChI=1S/C26H28N4O4S/c31-30(32)25-11-10-24(18-26(25)28-13-12-22-8-4-5-9-23(22)19-28)27-14-16-29(17-15-27)35(33,34)20-21-6-2-1-3-7-21/h1-11,18H,12-17,19-20H2. The zero-order valence-electron chi connectivity index (χ0n) is 19.4. The number of rotatable bonds is 6. The molecule has 2 aliphatic rings. The van der Waals surface area contributed by atoms with Crippen LogP contribution in [0.25, 0.3) is 0 Å². The monoisotopic (exact) mass is 492 g/mol. The molecule has 0 atom stereocenters. The molecule has 5 rings (SSSR count). The topological polar surface area (TPSA) is 87.0 Å². The van der Waals surface area contributed by atoms with Crippen molar-refractivity contribution < 1.29 is 13.3 Å². The van der Waals surface area contributed by atoms with E-state index in [1.165, 1.54) is 11.1 Å². The minimum Gasteiger partial charge on any atom is -0.369 e. The first-order chi connectivity index (χ1) is 16.9. The maximum absolute atomic E-state index is 12.9. The molecule has 3 aromatic carbocycles. The van der Waals surface area contributed by atoms with Crippen molar-refractivity contribution in [3.05, 3.63) is 99.6 Å². The van der Waals surface area contributed by atoms with Crippen LogP contribution < -0.4 is 9.80 Å². The van der Waals surface area contributed by atoms with Gasteiger partial charge in [-0.15, -0.1) is 0 Å². The van der Waals surface area contributed by atoms with Gasteiger partial charge in [-0.05, 0) is 35.2 Å². The fraction of sp³-hybridized carbons (Fsp3) is 0.308. The first-order valence-corrected chi connectivity index (χ1v) is 13.4.